The van der Waals surface area contributed by atoms with Gasteiger partial charge >= 0.3 is 5.97 Å². The van der Waals surface area contributed by atoms with Gasteiger partial charge in [0.15, 0.2) is 0 Å². The Labute approximate surface area is 172 Å². The summed E-state index contributed by atoms with van der Waals surface area (Å²) in [5.74, 6) is 2.13. The predicted molar refractivity (Wildman–Crippen MR) is 114 cm³/mol. The maximum atomic E-state index is 12.3. The monoisotopic (exact) mass is 390 g/mol. The molecule has 0 fully saturated rings. The van der Waals surface area contributed by atoms with E-state index in [1.165, 1.54) is 5.56 Å². The van der Waals surface area contributed by atoms with Gasteiger partial charge in [0.2, 0.25) is 0 Å². The lowest BCUT2D eigenvalue weighted by Crippen LogP contribution is -2.10. The van der Waals surface area contributed by atoms with Crippen LogP contribution in [0, 0.1) is 0 Å². The lowest BCUT2D eigenvalue weighted by Gasteiger charge is -2.10. The van der Waals surface area contributed by atoms with E-state index in [1.807, 2.05) is 54.6 Å². The van der Waals surface area contributed by atoms with Crippen LogP contribution < -0.4 is 14.2 Å². The smallest absolute Gasteiger partial charge is 0.343 e. The highest BCUT2D eigenvalue weighted by Gasteiger charge is 2.10. The van der Waals surface area contributed by atoms with Crippen LogP contribution in [0.15, 0.2) is 78.9 Å². The Hall–Kier alpha value is -3.27. The first kappa shape index (κ1) is 20.5. The normalized spacial score (nSPS) is 11.5. The molecule has 0 aromatic heterocycles. The van der Waals surface area contributed by atoms with Gasteiger partial charge in [0.1, 0.15) is 30.5 Å². The highest BCUT2D eigenvalue weighted by atomic mass is 16.5. The maximum Gasteiger partial charge on any atom is 0.343 e. The minimum Gasteiger partial charge on any atom is -0.490 e. The fourth-order valence-corrected chi connectivity index (χ4v) is 2.79. The van der Waals surface area contributed by atoms with Gasteiger partial charge in [-0.3, -0.25) is 0 Å². The van der Waals surface area contributed by atoms with Crippen molar-refractivity contribution in [2.45, 2.75) is 26.2 Å². The molecule has 3 rings (SSSR count). The largest absolute Gasteiger partial charge is 0.490 e. The number of carbonyl (C=O) groups excluding carboxylic acids is 1. The molecule has 29 heavy (non-hydrogen) atoms. The van der Waals surface area contributed by atoms with E-state index in [0.29, 0.717) is 36.2 Å². The Kier molecular flexibility index (Phi) is 7.28. The van der Waals surface area contributed by atoms with Crippen LogP contribution in [-0.4, -0.2) is 19.2 Å². The minimum absolute atomic E-state index is 0.389. The van der Waals surface area contributed by atoms with Crippen molar-refractivity contribution >= 4 is 5.97 Å². The van der Waals surface area contributed by atoms with Crippen LogP contribution in [0.3, 0.4) is 0 Å². The fraction of sp³-hybridized carbons (Fsp3) is 0.240. The highest BCUT2D eigenvalue weighted by Crippen LogP contribution is 2.22. The van der Waals surface area contributed by atoms with Crippen LogP contribution in [0.25, 0.3) is 0 Å². The van der Waals surface area contributed by atoms with Gasteiger partial charge in [0.25, 0.3) is 0 Å². The Balaban J connectivity index is 1.47. The Bertz CT molecular complexity index is 886. The molecular formula is C25H26O4. The third kappa shape index (κ3) is 6.11. The van der Waals surface area contributed by atoms with Gasteiger partial charge in [-0.05, 0) is 66.4 Å². The van der Waals surface area contributed by atoms with E-state index >= 15 is 0 Å². The maximum absolute atomic E-state index is 12.3. The van der Waals surface area contributed by atoms with Gasteiger partial charge in [0.05, 0.1) is 5.56 Å². The zero-order valence-corrected chi connectivity index (χ0v) is 16.8. The van der Waals surface area contributed by atoms with Crippen molar-refractivity contribution in [1.82, 2.24) is 0 Å². The predicted octanol–water partition coefficient (Wildman–Crippen LogP) is 5.88. The van der Waals surface area contributed by atoms with Crippen LogP contribution in [0.2, 0.25) is 0 Å². The molecule has 0 saturated heterocycles. The van der Waals surface area contributed by atoms with Crippen molar-refractivity contribution in [2.24, 2.45) is 0 Å². The average Bonchev–Trinajstić information content (AvgIpc) is 2.78. The van der Waals surface area contributed by atoms with Gasteiger partial charge in [0, 0.05) is 0 Å². The van der Waals surface area contributed by atoms with Gasteiger partial charge in [-0.15, -0.1) is 0 Å². The van der Waals surface area contributed by atoms with E-state index in [0.717, 1.165) is 12.2 Å². The molecule has 3 aromatic rings. The molecule has 0 aliphatic rings. The molecule has 0 aliphatic heterocycles. The fourth-order valence-electron chi connectivity index (χ4n) is 2.79. The number of carbonyl (C=O) groups is 1. The third-order valence-corrected chi connectivity index (χ3v) is 4.73. The number of hydrogen-bond acceptors (Lipinski definition) is 4. The molecule has 0 saturated carbocycles. The summed E-state index contributed by atoms with van der Waals surface area (Å²) in [6, 6.07) is 24.2. The quantitative estimate of drug-likeness (QED) is 0.260. The molecule has 0 aliphatic carbocycles. The molecule has 4 heteroatoms. The van der Waals surface area contributed by atoms with E-state index in [-0.39, 0.29) is 5.97 Å². The van der Waals surface area contributed by atoms with Crippen molar-refractivity contribution in [3.63, 3.8) is 0 Å². The number of rotatable bonds is 9. The number of benzene rings is 3. The molecule has 0 radical (unpaired) electrons. The Morgan fingerprint density at radius 3 is 1.90 bits per heavy atom. The molecule has 3 aromatic carbocycles. The first-order valence-electron chi connectivity index (χ1n) is 9.88. The van der Waals surface area contributed by atoms with Crippen LogP contribution >= 0.6 is 0 Å². The van der Waals surface area contributed by atoms with Crippen LogP contribution in [0.1, 0.15) is 42.1 Å². The number of esters is 1. The highest BCUT2D eigenvalue weighted by molar-refractivity contribution is 5.91. The van der Waals surface area contributed by atoms with Crippen LogP contribution in [0.4, 0.5) is 0 Å². The molecule has 0 spiro atoms. The van der Waals surface area contributed by atoms with E-state index in [2.05, 4.69) is 13.8 Å². The summed E-state index contributed by atoms with van der Waals surface area (Å²) in [6.07, 6.45) is 1.08. The molecule has 1 unspecified atom stereocenters. The SMILES string of the molecule is CCC(C)c1ccc(OC(=O)c2ccc(OCCOc3ccccc3)cc2)cc1. The van der Waals surface area contributed by atoms with Gasteiger partial charge < -0.3 is 14.2 Å². The summed E-state index contributed by atoms with van der Waals surface area (Å²) >= 11 is 0. The molecule has 0 heterocycles. The average molecular weight is 390 g/mol. The summed E-state index contributed by atoms with van der Waals surface area (Å²) in [6.45, 7) is 5.20. The van der Waals surface area contributed by atoms with Gasteiger partial charge in [-0.2, -0.15) is 0 Å². The van der Waals surface area contributed by atoms with Crippen molar-refractivity contribution in [3.8, 4) is 17.2 Å². The molecule has 4 nitrogen and oxygen atoms in total. The molecule has 1 atom stereocenters. The Morgan fingerprint density at radius 1 is 0.759 bits per heavy atom. The van der Waals surface area contributed by atoms with E-state index < -0.39 is 0 Å². The standard InChI is InChI=1S/C25H26O4/c1-3-19(2)20-9-15-24(16-10-20)29-25(26)21-11-13-23(14-12-21)28-18-17-27-22-7-5-4-6-8-22/h4-16,19H,3,17-18H2,1-2H3. The first-order chi connectivity index (χ1) is 14.2. The second kappa shape index (κ2) is 10.3. The molecular weight excluding hydrogens is 364 g/mol. The van der Waals surface area contributed by atoms with Crippen molar-refractivity contribution in [1.29, 1.82) is 0 Å². The lowest BCUT2D eigenvalue weighted by atomic mass is 9.99. The second-order valence-corrected chi connectivity index (χ2v) is 6.80. The summed E-state index contributed by atoms with van der Waals surface area (Å²) in [5.41, 5.74) is 1.72. The minimum atomic E-state index is -0.389. The summed E-state index contributed by atoms with van der Waals surface area (Å²) in [5, 5.41) is 0. The van der Waals surface area contributed by atoms with E-state index in [9.17, 15) is 4.79 Å². The molecule has 150 valence electrons. The molecule has 0 bridgehead atoms. The van der Waals surface area contributed by atoms with Gasteiger partial charge in [-0.1, -0.05) is 44.2 Å². The lowest BCUT2D eigenvalue weighted by molar-refractivity contribution is 0.0734. The van der Waals surface area contributed by atoms with E-state index in [4.69, 9.17) is 14.2 Å². The third-order valence-electron chi connectivity index (χ3n) is 4.73. The van der Waals surface area contributed by atoms with E-state index in [1.54, 1.807) is 24.3 Å². The molecule has 0 N–H and O–H groups in total. The summed E-state index contributed by atoms with van der Waals surface area (Å²) in [7, 11) is 0. The van der Waals surface area contributed by atoms with Crippen LogP contribution in [-0.2, 0) is 0 Å². The van der Waals surface area contributed by atoms with Crippen LogP contribution in [0.5, 0.6) is 17.2 Å². The van der Waals surface area contributed by atoms with Crippen molar-refractivity contribution in [2.75, 3.05) is 13.2 Å². The second-order valence-electron chi connectivity index (χ2n) is 6.80. The van der Waals surface area contributed by atoms with Gasteiger partial charge in [-0.25, -0.2) is 4.79 Å². The zero-order valence-electron chi connectivity index (χ0n) is 16.8. The molecule has 0 amide bonds. The Morgan fingerprint density at radius 2 is 1.31 bits per heavy atom. The number of ether oxygens (including phenoxy) is 3. The zero-order chi connectivity index (χ0) is 20.5. The number of para-hydroxylation sites is 1. The first-order valence-corrected chi connectivity index (χ1v) is 9.88. The topological polar surface area (TPSA) is 44.8 Å². The van der Waals surface area contributed by atoms with Crippen molar-refractivity contribution < 1.29 is 19.0 Å². The van der Waals surface area contributed by atoms with Crippen molar-refractivity contribution in [3.05, 3.63) is 90.0 Å². The summed E-state index contributed by atoms with van der Waals surface area (Å²) in [4.78, 5) is 12.3. The summed E-state index contributed by atoms with van der Waals surface area (Å²) < 4.78 is 16.7. The number of hydrogen-bond donors (Lipinski definition) is 0.